The van der Waals surface area contributed by atoms with E-state index in [1.54, 1.807) is 25.3 Å². The van der Waals surface area contributed by atoms with E-state index in [0.717, 1.165) is 0 Å². The molecule has 5 heteroatoms. The number of carbonyl (C=O) groups excluding carboxylic acids is 1. The van der Waals surface area contributed by atoms with E-state index in [4.69, 9.17) is 14.6 Å². The molecule has 0 aliphatic carbocycles. The molecule has 0 bridgehead atoms. The summed E-state index contributed by atoms with van der Waals surface area (Å²) in [6, 6.07) is 5.00. The van der Waals surface area contributed by atoms with Gasteiger partial charge in [0, 0.05) is 18.2 Å². The van der Waals surface area contributed by atoms with E-state index < -0.39 is 0 Å². The highest BCUT2D eigenvalue weighted by atomic mass is 16.5. The van der Waals surface area contributed by atoms with Gasteiger partial charge < -0.3 is 19.9 Å². The maximum atomic E-state index is 12.0. The topological polar surface area (TPSA) is 67.8 Å². The van der Waals surface area contributed by atoms with Crippen LogP contribution in [0.3, 0.4) is 0 Å². The number of nitrogens with one attached hydrogen (secondary N) is 1. The molecule has 20 heavy (non-hydrogen) atoms. The van der Waals surface area contributed by atoms with Crippen LogP contribution in [0.2, 0.25) is 0 Å². The first-order chi connectivity index (χ1) is 9.47. The molecule has 112 valence electrons. The van der Waals surface area contributed by atoms with Crippen LogP contribution in [0.15, 0.2) is 18.2 Å². The van der Waals surface area contributed by atoms with Gasteiger partial charge in [-0.3, -0.25) is 4.79 Å². The van der Waals surface area contributed by atoms with E-state index in [-0.39, 0.29) is 24.7 Å². The van der Waals surface area contributed by atoms with Gasteiger partial charge in [-0.25, -0.2) is 0 Å². The second kappa shape index (κ2) is 7.75. The smallest absolute Gasteiger partial charge is 0.251 e. The van der Waals surface area contributed by atoms with Crippen molar-refractivity contribution in [2.75, 3.05) is 13.7 Å². The highest BCUT2D eigenvalue weighted by Gasteiger charge is 2.13. The van der Waals surface area contributed by atoms with Crippen LogP contribution in [0.25, 0.3) is 0 Å². The Morgan fingerprint density at radius 2 is 2.00 bits per heavy atom. The van der Waals surface area contributed by atoms with E-state index in [2.05, 4.69) is 5.32 Å². The van der Waals surface area contributed by atoms with Crippen molar-refractivity contribution in [3.05, 3.63) is 23.8 Å². The summed E-state index contributed by atoms with van der Waals surface area (Å²) < 4.78 is 10.8. The van der Waals surface area contributed by atoms with Gasteiger partial charge in [0.25, 0.3) is 5.91 Å². The average molecular weight is 281 g/mol. The van der Waals surface area contributed by atoms with Crippen LogP contribution in [0.4, 0.5) is 0 Å². The minimum Gasteiger partial charge on any atom is -0.493 e. The second-order valence-corrected chi connectivity index (χ2v) is 4.92. The third-order valence-electron chi connectivity index (χ3n) is 2.73. The summed E-state index contributed by atoms with van der Waals surface area (Å²) in [5.74, 6) is 0.948. The Labute approximate surface area is 119 Å². The minimum absolute atomic E-state index is 0.0353. The van der Waals surface area contributed by atoms with Gasteiger partial charge in [-0.1, -0.05) is 0 Å². The van der Waals surface area contributed by atoms with Gasteiger partial charge in [-0.05, 0) is 45.4 Å². The Balaban J connectivity index is 2.83. The summed E-state index contributed by atoms with van der Waals surface area (Å²) in [5.41, 5.74) is 0.503. The van der Waals surface area contributed by atoms with Gasteiger partial charge in [0.05, 0.1) is 13.2 Å². The zero-order chi connectivity index (χ0) is 15.1. The lowest BCUT2D eigenvalue weighted by atomic mass is 10.1. The monoisotopic (exact) mass is 281 g/mol. The first kappa shape index (κ1) is 16.3. The molecule has 0 heterocycles. The molecule has 5 nitrogen and oxygen atoms in total. The lowest BCUT2D eigenvalue weighted by Gasteiger charge is -2.16. The molecule has 1 aromatic carbocycles. The molecule has 0 fully saturated rings. The number of benzene rings is 1. The van der Waals surface area contributed by atoms with E-state index in [1.807, 2.05) is 20.8 Å². The fraction of sp³-hybridized carbons (Fsp3) is 0.533. The fourth-order valence-electron chi connectivity index (χ4n) is 1.73. The summed E-state index contributed by atoms with van der Waals surface area (Å²) in [5, 5.41) is 11.6. The van der Waals surface area contributed by atoms with Gasteiger partial charge in [0.1, 0.15) is 0 Å². The molecule has 0 aliphatic rings. The lowest BCUT2D eigenvalue weighted by molar-refractivity contribution is 0.0934. The molecule has 1 amide bonds. The number of hydrogen-bond donors (Lipinski definition) is 2. The third kappa shape index (κ3) is 4.74. The Hall–Kier alpha value is -1.75. The fourth-order valence-corrected chi connectivity index (χ4v) is 1.73. The Morgan fingerprint density at radius 1 is 1.30 bits per heavy atom. The number of methoxy groups -OCH3 is 1. The molecular weight excluding hydrogens is 258 g/mol. The summed E-state index contributed by atoms with van der Waals surface area (Å²) in [6.45, 7) is 5.75. The molecule has 0 spiro atoms. The van der Waals surface area contributed by atoms with Crippen molar-refractivity contribution in [1.29, 1.82) is 0 Å². The first-order valence-corrected chi connectivity index (χ1v) is 6.74. The molecule has 1 aromatic rings. The lowest BCUT2D eigenvalue weighted by Crippen LogP contribution is -2.33. The van der Waals surface area contributed by atoms with E-state index >= 15 is 0 Å². The van der Waals surface area contributed by atoms with Crippen LogP contribution in [0.1, 0.15) is 37.6 Å². The predicted octanol–water partition coefficient (Wildman–Crippen LogP) is 1.98. The number of carbonyl (C=O) groups is 1. The van der Waals surface area contributed by atoms with Gasteiger partial charge in [0.2, 0.25) is 0 Å². The molecule has 2 N–H and O–H groups in total. The molecule has 0 saturated heterocycles. The van der Waals surface area contributed by atoms with E-state index in [9.17, 15) is 4.79 Å². The molecule has 1 rings (SSSR count). The van der Waals surface area contributed by atoms with Gasteiger partial charge in [-0.2, -0.15) is 0 Å². The number of aliphatic hydroxyl groups is 1. The Morgan fingerprint density at radius 3 is 2.55 bits per heavy atom. The number of ether oxygens (including phenoxy) is 2. The largest absolute Gasteiger partial charge is 0.493 e. The van der Waals surface area contributed by atoms with Crippen LogP contribution >= 0.6 is 0 Å². The second-order valence-electron chi connectivity index (χ2n) is 4.92. The van der Waals surface area contributed by atoms with Crippen LogP contribution in [-0.4, -0.2) is 36.9 Å². The number of rotatable bonds is 7. The SMILES string of the molecule is COc1cc(C(=O)NC(C)CCO)ccc1OC(C)C. The zero-order valence-electron chi connectivity index (χ0n) is 12.5. The summed E-state index contributed by atoms with van der Waals surface area (Å²) >= 11 is 0. The zero-order valence-corrected chi connectivity index (χ0v) is 12.5. The average Bonchev–Trinajstić information content (AvgIpc) is 2.38. The first-order valence-electron chi connectivity index (χ1n) is 6.74. The Kier molecular flexibility index (Phi) is 6.31. The number of aliphatic hydroxyl groups excluding tert-OH is 1. The number of hydrogen-bond acceptors (Lipinski definition) is 4. The maximum absolute atomic E-state index is 12.0. The standard InChI is InChI=1S/C15H23NO4/c1-10(2)20-13-6-5-12(9-14(13)19-4)15(18)16-11(3)7-8-17/h5-6,9-11,17H,7-8H2,1-4H3,(H,16,18). The molecule has 1 unspecified atom stereocenters. The maximum Gasteiger partial charge on any atom is 0.251 e. The van der Waals surface area contributed by atoms with Crippen molar-refractivity contribution >= 4 is 5.91 Å². The third-order valence-corrected chi connectivity index (χ3v) is 2.73. The van der Waals surface area contributed by atoms with Crippen molar-refractivity contribution in [1.82, 2.24) is 5.32 Å². The molecule has 0 aromatic heterocycles. The van der Waals surface area contributed by atoms with Gasteiger partial charge in [0.15, 0.2) is 11.5 Å². The highest BCUT2D eigenvalue weighted by molar-refractivity contribution is 5.95. The minimum atomic E-state index is -0.194. The molecular formula is C15H23NO4. The van der Waals surface area contributed by atoms with Crippen molar-refractivity contribution in [3.8, 4) is 11.5 Å². The highest BCUT2D eigenvalue weighted by Crippen LogP contribution is 2.28. The van der Waals surface area contributed by atoms with Crippen LogP contribution in [-0.2, 0) is 0 Å². The van der Waals surface area contributed by atoms with Crippen LogP contribution in [0, 0.1) is 0 Å². The van der Waals surface area contributed by atoms with Crippen molar-refractivity contribution in [2.24, 2.45) is 0 Å². The van der Waals surface area contributed by atoms with Gasteiger partial charge >= 0.3 is 0 Å². The van der Waals surface area contributed by atoms with Crippen LogP contribution in [0.5, 0.6) is 11.5 Å². The van der Waals surface area contributed by atoms with Crippen molar-refractivity contribution < 1.29 is 19.4 Å². The Bertz CT molecular complexity index is 445. The van der Waals surface area contributed by atoms with E-state index in [1.165, 1.54) is 0 Å². The predicted molar refractivity (Wildman–Crippen MR) is 77.4 cm³/mol. The van der Waals surface area contributed by atoms with Crippen molar-refractivity contribution in [2.45, 2.75) is 39.3 Å². The van der Waals surface area contributed by atoms with Gasteiger partial charge in [-0.15, -0.1) is 0 Å². The molecule has 1 atom stereocenters. The normalized spacial score (nSPS) is 12.1. The van der Waals surface area contributed by atoms with Crippen LogP contribution < -0.4 is 14.8 Å². The molecule has 0 aliphatic heterocycles. The summed E-state index contributed by atoms with van der Waals surface area (Å²) in [6.07, 6.45) is 0.561. The van der Waals surface area contributed by atoms with Crippen molar-refractivity contribution in [3.63, 3.8) is 0 Å². The summed E-state index contributed by atoms with van der Waals surface area (Å²) in [7, 11) is 1.54. The summed E-state index contributed by atoms with van der Waals surface area (Å²) in [4.78, 5) is 12.0. The van der Waals surface area contributed by atoms with E-state index in [0.29, 0.717) is 23.5 Å². The quantitative estimate of drug-likeness (QED) is 0.802. The molecule has 0 saturated carbocycles. The molecule has 0 radical (unpaired) electrons. The number of amides is 1.